The van der Waals surface area contributed by atoms with Gasteiger partial charge in [-0.1, -0.05) is 34.8 Å². The highest BCUT2D eigenvalue weighted by atomic mass is 35.5. The number of phosphoric acid groups is 1. The fourth-order valence-electron chi connectivity index (χ4n) is 0.722. The van der Waals surface area contributed by atoms with E-state index in [1.54, 1.807) is 0 Å². The van der Waals surface area contributed by atoms with Crippen LogP contribution < -0.4 is 4.52 Å². The van der Waals surface area contributed by atoms with Crippen molar-refractivity contribution in [2.75, 3.05) is 0 Å². The first-order valence-corrected chi connectivity index (χ1v) is 5.86. The topological polar surface area (TPSA) is 66.8 Å². The molecule has 0 spiro atoms. The van der Waals surface area contributed by atoms with E-state index >= 15 is 0 Å². The third-order valence-corrected chi connectivity index (χ3v) is 2.83. The predicted octanol–water partition coefficient (Wildman–Crippen LogP) is 3.12. The van der Waals surface area contributed by atoms with Crippen LogP contribution in [0.25, 0.3) is 0 Å². The van der Waals surface area contributed by atoms with Gasteiger partial charge in [0.15, 0.2) is 0 Å². The summed E-state index contributed by atoms with van der Waals surface area (Å²) in [6, 6.07) is 2.32. The molecule has 4 nitrogen and oxygen atoms in total. The SMILES string of the molecule is O=P(O)(O)Oc1cc(Cl)c(Cl)c(Cl)c1. The summed E-state index contributed by atoms with van der Waals surface area (Å²) in [4.78, 5) is 17.0. The van der Waals surface area contributed by atoms with Gasteiger partial charge in [0.25, 0.3) is 0 Å². The van der Waals surface area contributed by atoms with E-state index in [2.05, 4.69) is 4.52 Å². The van der Waals surface area contributed by atoms with Crippen LogP contribution in [0.1, 0.15) is 0 Å². The summed E-state index contributed by atoms with van der Waals surface area (Å²) in [7, 11) is -4.60. The van der Waals surface area contributed by atoms with Crippen molar-refractivity contribution in [1.82, 2.24) is 0 Å². The van der Waals surface area contributed by atoms with Crippen molar-refractivity contribution >= 4 is 42.6 Å². The molecule has 14 heavy (non-hydrogen) atoms. The lowest BCUT2D eigenvalue weighted by Crippen LogP contribution is -1.90. The van der Waals surface area contributed by atoms with Crippen LogP contribution >= 0.6 is 42.6 Å². The molecule has 0 saturated heterocycles. The Labute approximate surface area is 94.6 Å². The molecule has 1 aromatic rings. The smallest absolute Gasteiger partial charge is 0.404 e. The minimum atomic E-state index is -4.60. The maximum Gasteiger partial charge on any atom is 0.524 e. The van der Waals surface area contributed by atoms with Crippen molar-refractivity contribution in [3.63, 3.8) is 0 Å². The first-order chi connectivity index (χ1) is 6.29. The van der Waals surface area contributed by atoms with Gasteiger partial charge in [-0.05, 0) is 0 Å². The third-order valence-electron chi connectivity index (χ3n) is 1.18. The number of rotatable bonds is 2. The molecule has 0 fully saturated rings. The molecular weight excluding hydrogens is 273 g/mol. The Morgan fingerprint density at radius 3 is 1.93 bits per heavy atom. The van der Waals surface area contributed by atoms with Gasteiger partial charge in [-0.25, -0.2) is 4.57 Å². The van der Waals surface area contributed by atoms with E-state index in [4.69, 9.17) is 44.6 Å². The molecular formula is C6H4Cl3O4P. The third kappa shape index (κ3) is 3.31. The fraction of sp³-hybridized carbons (Fsp3) is 0. The van der Waals surface area contributed by atoms with Crippen molar-refractivity contribution in [3.8, 4) is 5.75 Å². The first kappa shape index (κ1) is 12.1. The summed E-state index contributed by atoms with van der Waals surface area (Å²) in [6.07, 6.45) is 0. The Morgan fingerprint density at radius 1 is 1.14 bits per heavy atom. The largest absolute Gasteiger partial charge is 0.524 e. The molecule has 0 atom stereocenters. The Bertz CT molecular complexity index is 379. The van der Waals surface area contributed by atoms with Crippen LogP contribution in [-0.4, -0.2) is 9.79 Å². The highest BCUT2D eigenvalue weighted by Gasteiger charge is 2.17. The van der Waals surface area contributed by atoms with E-state index in [0.717, 1.165) is 12.1 Å². The summed E-state index contributed by atoms with van der Waals surface area (Å²) in [5, 5.41) is 0.219. The van der Waals surface area contributed by atoms with Gasteiger partial charge in [0.1, 0.15) is 5.75 Å². The minimum Gasteiger partial charge on any atom is -0.404 e. The molecule has 0 saturated carbocycles. The standard InChI is InChI=1S/C6H4Cl3O4P/c7-4-1-3(13-14(10,11)12)2-5(8)6(4)9/h1-2H,(H2,10,11,12). The molecule has 0 radical (unpaired) electrons. The Kier molecular flexibility index (Phi) is 3.69. The predicted molar refractivity (Wildman–Crippen MR) is 54.1 cm³/mol. The maximum atomic E-state index is 10.5. The zero-order chi connectivity index (χ0) is 10.9. The van der Waals surface area contributed by atoms with Crippen LogP contribution in [0.3, 0.4) is 0 Å². The molecule has 0 aliphatic carbocycles. The number of halogens is 3. The van der Waals surface area contributed by atoms with Crippen LogP contribution in [0.15, 0.2) is 12.1 Å². The molecule has 1 aromatic carbocycles. The van der Waals surface area contributed by atoms with Crippen molar-refractivity contribution in [3.05, 3.63) is 27.2 Å². The van der Waals surface area contributed by atoms with Crippen molar-refractivity contribution in [2.24, 2.45) is 0 Å². The average Bonchev–Trinajstić information content (AvgIpc) is 1.96. The van der Waals surface area contributed by atoms with Crippen LogP contribution in [0.5, 0.6) is 5.75 Å². The van der Waals surface area contributed by atoms with Crippen molar-refractivity contribution < 1.29 is 18.9 Å². The molecule has 2 N–H and O–H groups in total. The van der Waals surface area contributed by atoms with Gasteiger partial charge in [0.2, 0.25) is 0 Å². The molecule has 8 heteroatoms. The van der Waals surface area contributed by atoms with Gasteiger partial charge in [0.05, 0.1) is 15.1 Å². The fourth-order valence-corrected chi connectivity index (χ4v) is 1.68. The van der Waals surface area contributed by atoms with Crippen LogP contribution in [0, 0.1) is 0 Å². The van der Waals surface area contributed by atoms with Crippen molar-refractivity contribution in [2.45, 2.75) is 0 Å². The van der Waals surface area contributed by atoms with E-state index in [1.807, 2.05) is 0 Å². The minimum absolute atomic E-state index is 0.0580. The Morgan fingerprint density at radius 2 is 1.57 bits per heavy atom. The van der Waals surface area contributed by atoms with Gasteiger partial charge in [0, 0.05) is 12.1 Å². The lowest BCUT2D eigenvalue weighted by molar-refractivity contribution is 0.283. The maximum absolute atomic E-state index is 10.5. The summed E-state index contributed by atoms with van der Waals surface area (Å²) >= 11 is 16.8. The van der Waals surface area contributed by atoms with Gasteiger partial charge in [-0.3, -0.25) is 9.79 Å². The quantitative estimate of drug-likeness (QED) is 0.644. The normalized spacial score (nSPS) is 11.5. The van der Waals surface area contributed by atoms with Crippen LogP contribution in [-0.2, 0) is 4.57 Å². The van der Waals surface area contributed by atoms with Crippen LogP contribution in [0.4, 0.5) is 0 Å². The van der Waals surface area contributed by atoms with E-state index in [0.29, 0.717) is 0 Å². The number of hydrogen-bond donors (Lipinski definition) is 2. The molecule has 1 rings (SSSR count). The van der Waals surface area contributed by atoms with Crippen LogP contribution in [0.2, 0.25) is 15.1 Å². The Hall–Kier alpha value is 0.0400. The molecule has 0 aliphatic heterocycles. The van der Waals surface area contributed by atoms with E-state index in [1.165, 1.54) is 0 Å². The Balaban J connectivity index is 3.08. The number of benzene rings is 1. The second-order valence-electron chi connectivity index (χ2n) is 2.28. The molecule has 0 unspecified atom stereocenters. The van der Waals surface area contributed by atoms with Gasteiger partial charge >= 0.3 is 7.82 Å². The number of hydrogen-bond acceptors (Lipinski definition) is 2. The first-order valence-electron chi connectivity index (χ1n) is 3.19. The monoisotopic (exact) mass is 276 g/mol. The number of phosphoric ester groups is 1. The summed E-state index contributed by atoms with van der Waals surface area (Å²) in [5.41, 5.74) is 0. The summed E-state index contributed by atoms with van der Waals surface area (Å²) in [6.45, 7) is 0. The lowest BCUT2D eigenvalue weighted by atomic mass is 10.3. The lowest BCUT2D eigenvalue weighted by Gasteiger charge is -2.08. The summed E-state index contributed by atoms with van der Waals surface area (Å²) in [5.74, 6) is -0.141. The van der Waals surface area contributed by atoms with E-state index in [9.17, 15) is 4.57 Å². The molecule has 78 valence electrons. The second-order valence-corrected chi connectivity index (χ2v) is 4.64. The molecule has 0 aliphatic rings. The van der Waals surface area contributed by atoms with E-state index in [-0.39, 0.29) is 20.8 Å². The zero-order valence-electron chi connectivity index (χ0n) is 6.45. The van der Waals surface area contributed by atoms with Crippen molar-refractivity contribution in [1.29, 1.82) is 0 Å². The zero-order valence-corrected chi connectivity index (χ0v) is 9.61. The van der Waals surface area contributed by atoms with Gasteiger partial charge < -0.3 is 4.52 Å². The van der Waals surface area contributed by atoms with E-state index < -0.39 is 7.82 Å². The highest BCUT2D eigenvalue weighted by Crippen LogP contribution is 2.41. The molecule has 0 bridgehead atoms. The molecule has 0 aromatic heterocycles. The van der Waals surface area contributed by atoms with Gasteiger partial charge in [-0.2, -0.15) is 0 Å². The average molecular weight is 277 g/mol. The highest BCUT2D eigenvalue weighted by molar-refractivity contribution is 7.46. The van der Waals surface area contributed by atoms with Gasteiger partial charge in [-0.15, -0.1) is 0 Å². The summed E-state index contributed by atoms with van der Waals surface area (Å²) < 4.78 is 14.7. The molecule has 0 heterocycles. The second kappa shape index (κ2) is 4.27. The molecule has 0 amide bonds.